The largest absolute Gasteiger partial charge is 0.489 e. The van der Waals surface area contributed by atoms with E-state index in [0.29, 0.717) is 28.0 Å². The van der Waals surface area contributed by atoms with Crippen LogP contribution >= 0.6 is 23.2 Å². The third-order valence-corrected chi connectivity index (χ3v) is 5.29. The fourth-order valence-corrected chi connectivity index (χ4v) is 3.52. The summed E-state index contributed by atoms with van der Waals surface area (Å²) in [4.78, 5) is 12.6. The van der Waals surface area contributed by atoms with Crippen molar-refractivity contribution in [2.24, 2.45) is 5.10 Å². The van der Waals surface area contributed by atoms with Crippen molar-refractivity contribution in [3.8, 4) is 11.4 Å². The van der Waals surface area contributed by atoms with Crippen LogP contribution in [0.3, 0.4) is 0 Å². The van der Waals surface area contributed by atoms with Gasteiger partial charge in [-0.3, -0.25) is 4.79 Å². The molecule has 0 fully saturated rings. The number of halogens is 2. The second kappa shape index (κ2) is 10.2. The molecule has 0 aliphatic heterocycles. The van der Waals surface area contributed by atoms with Crippen LogP contribution in [0.5, 0.6) is 5.75 Å². The average Bonchev–Trinajstić information content (AvgIpc) is 3.34. The summed E-state index contributed by atoms with van der Waals surface area (Å²) < 4.78 is 7.66. The highest BCUT2D eigenvalue weighted by Gasteiger charge is 2.11. The van der Waals surface area contributed by atoms with E-state index >= 15 is 0 Å². The first-order valence-corrected chi connectivity index (χ1v) is 10.6. The maximum absolute atomic E-state index is 12.6. The lowest BCUT2D eigenvalue weighted by Crippen LogP contribution is -2.19. The van der Waals surface area contributed by atoms with E-state index in [0.717, 1.165) is 16.8 Å². The fourth-order valence-electron chi connectivity index (χ4n) is 3.06. The lowest BCUT2D eigenvalue weighted by Gasteiger charge is -2.09. The number of ether oxygens (including phenoxy) is 1. The second-order valence-electron chi connectivity index (χ2n) is 6.90. The van der Waals surface area contributed by atoms with E-state index < -0.39 is 0 Å². The van der Waals surface area contributed by atoms with E-state index in [2.05, 4.69) is 10.5 Å². The molecule has 1 N–H and O–H groups in total. The number of aromatic nitrogens is 1. The number of hydrazone groups is 1. The predicted molar refractivity (Wildman–Crippen MR) is 128 cm³/mol. The van der Waals surface area contributed by atoms with Gasteiger partial charge in [-0.15, -0.1) is 0 Å². The monoisotopic (exact) mass is 463 g/mol. The molecule has 0 saturated heterocycles. The average molecular weight is 464 g/mol. The van der Waals surface area contributed by atoms with Crippen LogP contribution in [0, 0.1) is 0 Å². The lowest BCUT2D eigenvalue weighted by atomic mass is 10.1. The van der Waals surface area contributed by atoms with Crippen LogP contribution in [0.15, 0.2) is 96.4 Å². The topological polar surface area (TPSA) is 55.6 Å². The maximum atomic E-state index is 12.6. The molecule has 0 bridgehead atoms. The molecular weight excluding hydrogens is 445 g/mol. The number of nitrogens with zero attached hydrogens (tertiary/aromatic N) is 2. The smallest absolute Gasteiger partial charge is 0.273 e. The van der Waals surface area contributed by atoms with Gasteiger partial charge in [-0.1, -0.05) is 41.4 Å². The van der Waals surface area contributed by atoms with Gasteiger partial charge < -0.3 is 9.30 Å². The van der Waals surface area contributed by atoms with Crippen molar-refractivity contribution < 1.29 is 9.53 Å². The third-order valence-electron chi connectivity index (χ3n) is 4.70. The summed E-state index contributed by atoms with van der Waals surface area (Å²) in [7, 11) is 0. The number of benzene rings is 3. The maximum Gasteiger partial charge on any atom is 0.273 e. The van der Waals surface area contributed by atoms with Crippen molar-refractivity contribution >= 4 is 35.3 Å². The Hall–Kier alpha value is -3.54. The molecule has 4 aromatic rings. The number of carbonyl (C=O) groups is 1. The zero-order chi connectivity index (χ0) is 22.3. The Balaban J connectivity index is 1.35. The van der Waals surface area contributed by atoms with Crippen LogP contribution in [0.1, 0.15) is 21.5 Å². The van der Waals surface area contributed by atoms with E-state index in [1.807, 2.05) is 77.6 Å². The van der Waals surface area contributed by atoms with Gasteiger partial charge in [0.05, 0.1) is 17.5 Å². The molecular formula is C25H19Cl2N3O2. The number of hydrogen-bond donors (Lipinski definition) is 1. The molecule has 3 aromatic carbocycles. The zero-order valence-electron chi connectivity index (χ0n) is 16.9. The third kappa shape index (κ3) is 5.38. The number of nitrogens with one attached hydrogen (secondary N) is 1. The van der Waals surface area contributed by atoms with Gasteiger partial charge in [-0.05, 0) is 66.2 Å². The minimum Gasteiger partial charge on any atom is -0.489 e. The molecule has 1 aromatic heterocycles. The van der Waals surface area contributed by atoms with Gasteiger partial charge in [0.25, 0.3) is 5.91 Å². The molecule has 160 valence electrons. The number of para-hydroxylation sites is 1. The summed E-state index contributed by atoms with van der Waals surface area (Å²) in [5.41, 5.74) is 5.57. The molecule has 1 amide bonds. The second-order valence-corrected chi connectivity index (χ2v) is 7.74. The van der Waals surface area contributed by atoms with Gasteiger partial charge in [-0.2, -0.15) is 5.10 Å². The minimum absolute atomic E-state index is 0.287. The Kier molecular flexibility index (Phi) is 6.90. The van der Waals surface area contributed by atoms with Crippen molar-refractivity contribution in [2.45, 2.75) is 6.61 Å². The highest BCUT2D eigenvalue weighted by Crippen LogP contribution is 2.23. The van der Waals surface area contributed by atoms with Crippen molar-refractivity contribution in [2.75, 3.05) is 0 Å². The van der Waals surface area contributed by atoms with E-state index in [9.17, 15) is 4.79 Å². The first-order valence-electron chi connectivity index (χ1n) is 9.83. The van der Waals surface area contributed by atoms with Crippen LogP contribution in [0.4, 0.5) is 0 Å². The molecule has 4 rings (SSSR count). The van der Waals surface area contributed by atoms with Crippen molar-refractivity contribution in [1.82, 2.24) is 9.99 Å². The van der Waals surface area contributed by atoms with Crippen molar-refractivity contribution in [3.63, 3.8) is 0 Å². The first-order chi connectivity index (χ1) is 15.6. The number of carbonyl (C=O) groups excluding carboxylic acids is 1. The normalized spacial score (nSPS) is 10.9. The van der Waals surface area contributed by atoms with Crippen LogP contribution in [-0.4, -0.2) is 16.7 Å². The highest BCUT2D eigenvalue weighted by atomic mass is 35.5. The van der Waals surface area contributed by atoms with Gasteiger partial charge in [0.15, 0.2) is 0 Å². The summed E-state index contributed by atoms with van der Waals surface area (Å²) in [6, 6.07) is 23.8. The van der Waals surface area contributed by atoms with Crippen LogP contribution in [0.2, 0.25) is 10.0 Å². The molecule has 1 heterocycles. The number of rotatable bonds is 7. The number of amides is 1. The molecule has 0 unspecified atom stereocenters. The summed E-state index contributed by atoms with van der Waals surface area (Å²) in [5.74, 6) is 0.406. The summed E-state index contributed by atoms with van der Waals surface area (Å²) >= 11 is 12.1. The summed E-state index contributed by atoms with van der Waals surface area (Å²) in [6.45, 7) is 0.334. The van der Waals surface area contributed by atoms with Crippen LogP contribution < -0.4 is 10.2 Å². The van der Waals surface area contributed by atoms with Gasteiger partial charge in [0.1, 0.15) is 12.4 Å². The predicted octanol–water partition coefficient (Wildman–Crippen LogP) is 6.13. The molecule has 5 nitrogen and oxygen atoms in total. The SMILES string of the molecule is O=C(NN=Cc1ccc(OCc2ccc(Cl)cc2Cl)cc1)c1ccccc1-n1cccc1. The van der Waals surface area contributed by atoms with Crippen molar-refractivity contribution in [3.05, 3.63) is 118 Å². The first kappa shape index (κ1) is 21.7. The number of hydrogen-bond acceptors (Lipinski definition) is 3. The molecule has 0 atom stereocenters. The zero-order valence-corrected chi connectivity index (χ0v) is 18.4. The standard InChI is InChI=1S/C25H19Cl2N3O2/c26-20-10-9-19(23(27)15-20)17-32-21-11-7-18(8-12-21)16-28-29-25(31)22-5-1-2-6-24(22)30-13-3-4-14-30/h1-16H,17H2,(H,29,31). The van der Waals surface area contributed by atoms with Gasteiger partial charge in [0, 0.05) is 28.0 Å². The van der Waals surface area contributed by atoms with Gasteiger partial charge in [0.2, 0.25) is 0 Å². The summed E-state index contributed by atoms with van der Waals surface area (Å²) in [6.07, 6.45) is 5.36. The Morgan fingerprint density at radius 1 is 0.969 bits per heavy atom. The van der Waals surface area contributed by atoms with Crippen LogP contribution in [0.25, 0.3) is 5.69 Å². The molecule has 0 aliphatic carbocycles. The Bertz CT molecular complexity index is 1240. The fraction of sp³-hybridized carbons (Fsp3) is 0.0400. The van der Waals surface area contributed by atoms with Crippen LogP contribution in [-0.2, 0) is 6.61 Å². The van der Waals surface area contributed by atoms with E-state index in [-0.39, 0.29) is 5.91 Å². The molecule has 0 spiro atoms. The van der Waals surface area contributed by atoms with E-state index in [1.54, 1.807) is 24.4 Å². The Morgan fingerprint density at radius 3 is 2.47 bits per heavy atom. The van der Waals surface area contributed by atoms with E-state index in [4.69, 9.17) is 27.9 Å². The molecule has 32 heavy (non-hydrogen) atoms. The molecule has 7 heteroatoms. The Labute approximate surface area is 195 Å². The molecule has 0 aliphatic rings. The van der Waals surface area contributed by atoms with Crippen molar-refractivity contribution in [1.29, 1.82) is 0 Å². The Morgan fingerprint density at radius 2 is 1.72 bits per heavy atom. The molecule has 0 radical (unpaired) electrons. The lowest BCUT2D eigenvalue weighted by molar-refractivity contribution is 0.0955. The summed E-state index contributed by atoms with van der Waals surface area (Å²) in [5, 5.41) is 5.23. The minimum atomic E-state index is -0.287. The van der Waals surface area contributed by atoms with Gasteiger partial charge in [-0.25, -0.2) is 5.43 Å². The van der Waals surface area contributed by atoms with E-state index in [1.165, 1.54) is 0 Å². The molecule has 0 saturated carbocycles. The van der Waals surface area contributed by atoms with Gasteiger partial charge >= 0.3 is 0 Å². The quantitative estimate of drug-likeness (QED) is 0.264. The highest BCUT2D eigenvalue weighted by molar-refractivity contribution is 6.35.